The van der Waals surface area contributed by atoms with E-state index in [4.69, 9.17) is 0 Å². The van der Waals surface area contributed by atoms with Crippen LogP contribution in [-0.4, -0.2) is 46.5 Å². The molecule has 0 aliphatic heterocycles. The van der Waals surface area contributed by atoms with Crippen LogP contribution in [-0.2, 0) is 14.4 Å². The van der Waals surface area contributed by atoms with Gasteiger partial charge in [0.05, 0.1) is 0 Å². The summed E-state index contributed by atoms with van der Waals surface area (Å²) in [5.41, 5.74) is 0. The summed E-state index contributed by atoms with van der Waals surface area (Å²) in [6.07, 6.45) is 2.32. The predicted molar refractivity (Wildman–Crippen MR) is 56.7 cm³/mol. The van der Waals surface area contributed by atoms with E-state index in [1.54, 1.807) is 0 Å². The van der Waals surface area contributed by atoms with Crippen LogP contribution in [0.4, 0.5) is 5.95 Å². The highest BCUT2D eigenvalue weighted by Crippen LogP contribution is 1.91. The van der Waals surface area contributed by atoms with Gasteiger partial charge in [-0.2, -0.15) is 10.1 Å². The highest BCUT2D eigenvalue weighted by atomic mass is 16.2. The van der Waals surface area contributed by atoms with Crippen LogP contribution < -0.4 is 16.0 Å². The standard InChI is InChI=1S/C8H12N6O3/c15-5-9-2-1-3-10-6(16)7(17)13-8-11-4-12-14-8/h4-5H,1-3H2,(H,9,15)(H,10,16)(H2,11,12,13,14,17). The number of amides is 3. The molecular weight excluding hydrogens is 228 g/mol. The molecule has 1 aromatic heterocycles. The summed E-state index contributed by atoms with van der Waals surface area (Å²) in [6, 6.07) is 0. The maximum atomic E-state index is 11.2. The largest absolute Gasteiger partial charge is 0.359 e. The summed E-state index contributed by atoms with van der Waals surface area (Å²) in [4.78, 5) is 36.0. The second-order valence-electron chi connectivity index (χ2n) is 2.97. The van der Waals surface area contributed by atoms with E-state index in [9.17, 15) is 14.4 Å². The minimum absolute atomic E-state index is 0.104. The summed E-state index contributed by atoms with van der Waals surface area (Å²) in [6.45, 7) is 0.733. The summed E-state index contributed by atoms with van der Waals surface area (Å²) in [5, 5.41) is 12.9. The Bertz CT molecular complexity index is 377. The first-order chi connectivity index (χ1) is 8.24. The summed E-state index contributed by atoms with van der Waals surface area (Å²) < 4.78 is 0. The van der Waals surface area contributed by atoms with Crippen molar-refractivity contribution < 1.29 is 14.4 Å². The van der Waals surface area contributed by atoms with Gasteiger partial charge in [-0.3, -0.25) is 19.7 Å². The van der Waals surface area contributed by atoms with Gasteiger partial charge in [-0.15, -0.1) is 0 Å². The third-order valence-corrected chi connectivity index (χ3v) is 1.72. The van der Waals surface area contributed by atoms with Crippen LogP contribution in [0.1, 0.15) is 6.42 Å². The van der Waals surface area contributed by atoms with Crippen molar-refractivity contribution in [3.8, 4) is 0 Å². The summed E-state index contributed by atoms with van der Waals surface area (Å²) in [7, 11) is 0. The molecule has 9 nitrogen and oxygen atoms in total. The fourth-order valence-electron chi connectivity index (χ4n) is 0.962. The Morgan fingerprint density at radius 3 is 2.82 bits per heavy atom. The number of carbonyl (C=O) groups is 3. The number of aromatic nitrogens is 3. The van der Waals surface area contributed by atoms with E-state index in [2.05, 4.69) is 31.1 Å². The Labute approximate surface area is 96.4 Å². The molecule has 0 bridgehead atoms. The van der Waals surface area contributed by atoms with Gasteiger partial charge in [0.25, 0.3) is 0 Å². The molecule has 17 heavy (non-hydrogen) atoms. The molecule has 1 rings (SSSR count). The van der Waals surface area contributed by atoms with Crippen molar-refractivity contribution in [1.29, 1.82) is 0 Å². The maximum absolute atomic E-state index is 11.2. The van der Waals surface area contributed by atoms with Gasteiger partial charge in [-0.05, 0) is 6.42 Å². The number of hydrogen-bond acceptors (Lipinski definition) is 5. The zero-order chi connectivity index (χ0) is 12.5. The molecule has 92 valence electrons. The molecule has 1 aromatic rings. The third-order valence-electron chi connectivity index (χ3n) is 1.72. The van der Waals surface area contributed by atoms with Crippen LogP contribution in [0.3, 0.4) is 0 Å². The second kappa shape index (κ2) is 6.93. The van der Waals surface area contributed by atoms with E-state index < -0.39 is 11.8 Å². The quantitative estimate of drug-likeness (QED) is 0.259. The topological polar surface area (TPSA) is 129 Å². The zero-order valence-electron chi connectivity index (χ0n) is 8.90. The van der Waals surface area contributed by atoms with Gasteiger partial charge in [0, 0.05) is 13.1 Å². The molecule has 0 unspecified atom stereocenters. The van der Waals surface area contributed by atoms with Crippen molar-refractivity contribution in [3.05, 3.63) is 6.33 Å². The molecule has 0 aromatic carbocycles. The van der Waals surface area contributed by atoms with E-state index >= 15 is 0 Å². The molecule has 0 radical (unpaired) electrons. The van der Waals surface area contributed by atoms with Crippen molar-refractivity contribution in [2.75, 3.05) is 18.4 Å². The molecule has 0 atom stereocenters. The van der Waals surface area contributed by atoms with Crippen LogP contribution >= 0.6 is 0 Å². The van der Waals surface area contributed by atoms with Gasteiger partial charge < -0.3 is 10.6 Å². The van der Waals surface area contributed by atoms with Crippen molar-refractivity contribution >= 4 is 24.2 Å². The highest BCUT2D eigenvalue weighted by Gasteiger charge is 2.13. The van der Waals surface area contributed by atoms with Crippen LogP contribution in [0, 0.1) is 0 Å². The fraction of sp³-hybridized carbons (Fsp3) is 0.375. The number of rotatable bonds is 6. The summed E-state index contributed by atoms with van der Waals surface area (Å²) >= 11 is 0. The summed E-state index contributed by atoms with van der Waals surface area (Å²) in [5.74, 6) is -1.50. The first kappa shape index (κ1) is 12.6. The number of aromatic amines is 1. The smallest absolute Gasteiger partial charge is 0.316 e. The van der Waals surface area contributed by atoms with Gasteiger partial charge in [-0.25, -0.2) is 5.10 Å². The Morgan fingerprint density at radius 1 is 1.35 bits per heavy atom. The molecule has 9 heteroatoms. The molecule has 4 N–H and O–H groups in total. The monoisotopic (exact) mass is 240 g/mol. The molecule has 1 heterocycles. The lowest BCUT2D eigenvalue weighted by Crippen LogP contribution is -2.36. The van der Waals surface area contributed by atoms with Gasteiger partial charge in [0.15, 0.2) is 0 Å². The second-order valence-corrected chi connectivity index (χ2v) is 2.97. The SMILES string of the molecule is O=CNCCCNC(=O)C(=O)Nc1ncn[nH]1. The van der Waals surface area contributed by atoms with E-state index in [1.807, 2.05) is 0 Å². The molecule has 0 saturated carbocycles. The number of carbonyl (C=O) groups excluding carboxylic acids is 3. The third kappa shape index (κ3) is 4.73. The number of H-pyrrole nitrogens is 1. The van der Waals surface area contributed by atoms with Crippen molar-refractivity contribution in [2.45, 2.75) is 6.42 Å². The average Bonchev–Trinajstić information content (AvgIpc) is 2.81. The molecule has 0 saturated heterocycles. The molecule has 0 aliphatic carbocycles. The van der Waals surface area contributed by atoms with Crippen LogP contribution in [0.15, 0.2) is 6.33 Å². The van der Waals surface area contributed by atoms with Crippen LogP contribution in [0.2, 0.25) is 0 Å². The number of nitrogens with one attached hydrogen (secondary N) is 4. The molecule has 0 fully saturated rings. The normalized spacial score (nSPS) is 9.41. The zero-order valence-corrected chi connectivity index (χ0v) is 8.90. The van der Waals surface area contributed by atoms with E-state index in [0.29, 0.717) is 25.9 Å². The first-order valence-electron chi connectivity index (χ1n) is 4.85. The molecule has 3 amide bonds. The van der Waals surface area contributed by atoms with Crippen molar-refractivity contribution in [2.24, 2.45) is 0 Å². The lowest BCUT2D eigenvalue weighted by Gasteiger charge is -2.03. The Balaban J connectivity index is 2.18. The van der Waals surface area contributed by atoms with Gasteiger partial charge >= 0.3 is 11.8 Å². The van der Waals surface area contributed by atoms with Crippen molar-refractivity contribution in [3.63, 3.8) is 0 Å². The minimum atomic E-state index is -0.829. The lowest BCUT2D eigenvalue weighted by molar-refractivity contribution is -0.136. The Morgan fingerprint density at radius 2 is 2.18 bits per heavy atom. The lowest BCUT2D eigenvalue weighted by atomic mass is 10.4. The van der Waals surface area contributed by atoms with Gasteiger partial charge in [0.2, 0.25) is 12.4 Å². The Hall–Kier alpha value is -2.45. The van der Waals surface area contributed by atoms with Crippen LogP contribution in [0.5, 0.6) is 0 Å². The maximum Gasteiger partial charge on any atom is 0.316 e. The van der Waals surface area contributed by atoms with Crippen molar-refractivity contribution in [1.82, 2.24) is 25.8 Å². The van der Waals surface area contributed by atoms with Gasteiger partial charge in [0.1, 0.15) is 6.33 Å². The first-order valence-corrected chi connectivity index (χ1v) is 4.85. The number of nitrogens with zero attached hydrogens (tertiary/aromatic N) is 2. The molecule has 0 aliphatic rings. The van der Waals surface area contributed by atoms with E-state index in [0.717, 1.165) is 0 Å². The minimum Gasteiger partial charge on any atom is -0.359 e. The van der Waals surface area contributed by atoms with E-state index in [-0.39, 0.29) is 5.95 Å². The van der Waals surface area contributed by atoms with Crippen LogP contribution in [0.25, 0.3) is 0 Å². The van der Waals surface area contributed by atoms with E-state index in [1.165, 1.54) is 6.33 Å². The molecule has 0 spiro atoms. The highest BCUT2D eigenvalue weighted by molar-refractivity contribution is 6.39. The number of hydrogen-bond donors (Lipinski definition) is 4. The average molecular weight is 240 g/mol. The predicted octanol–water partition coefficient (Wildman–Crippen LogP) is -2.00. The molecular formula is C8H12N6O3. The Kier molecular flexibility index (Phi) is 5.14. The number of anilines is 1. The fourth-order valence-corrected chi connectivity index (χ4v) is 0.962. The van der Waals surface area contributed by atoms with Gasteiger partial charge in [-0.1, -0.05) is 0 Å².